The number of carbonyl (C=O) groups is 1. The van der Waals surface area contributed by atoms with Gasteiger partial charge in [0, 0.05) is 17.8 Å². The van der Waals surface area contributed by atoms with Gasteiger partial charge in [-0.3, -0.25) is 4.79 Å². The first-order valence-corrected chi connectivity index (χ1v) is 8.73. The van der Waals surface area contributed by atoms with Crippen LogP contribution in [0.1, 0.15) is 46.1 Å². The van der Waals surface area contributed by atoms with Crippen LogP contribution in [0.25, 0.3) is 0 Å². The number of hydrogen-bond donors (Lipinski definition) is 1. The molecule has 0 radical (unpaired) electrons. The van der Waals surface area contributed by atoms with E-state index < -0.39 is 5.91 Å². The fourth-order valence-corrected chi connectivity index (χ4v) is 3.77. The van der Waals surface area contributed by atoms with E-state index in [1.54, 1.807) is 14.2 Å². The molecule has 1 amide bonds. The SMILES string of the molecule is COc1ccc(OC)c(C2CCCN2c2nc(C)cc(C)c2C(N)=O)c1. The van der Waals surface area contributed by atoms with E-state index in [4.69, 9.17) is 15.2 Å². The van der Waals surface area contributed by atoms with Gasteiger partial charge >= 0.3 is 0 Å². The highest BCUT2D eigenvalue weighted by atomic mass is 16.5. The van der Waals surface area contributed by atoms with Crippen LogP contribution in [-0.4, -0.2) is 31.7 Å². The monoisotopic (exact) mass is 355 g/mol. The van der Waals surface area contributed by atoms with Crippen LogP contribution >= 0.6 is 0 Å². The third-order valence-corrected chi connectivity index (χ3v) is 4.89. The van der Waals surface area contributed by atoms with Gasteiger partial charge in [0.05, 0.1) is 25.8 Å². The zero-order chi connectivity index (χ0) is 18.8. The number of carbonyl (C=O) groups excluding carboxylic acids is 1. The van der Waals surface area contributed by atoms with Crippen LogP contribution in [0.15, 0.2) is 24.3 Å². The Kier molecular flexibility index (Phi) is 5.02. The molecule has 0 spiro atoms. The molecule has 0 saturated carbocycles. The number of anilines is 1. The Labute approximate surface area is 153 Å². The number of ether oxygens (including phenoxy) is 2. The molecule has 1 atom stereocenters. The van der Waals surface area contributed by atoms with E-state index in [1.807, 2.05) is 38.1 Å². The summed E-state index contributed by atoms with van der Waals surface area (Å²) in [6.07, 6.45) is 1.94. The number of nitrogens with two attached hydrogens (primary N) is 1. The number of rotatable bonds is 5. The standard InChI is InChI=1S/C20H25N3O3/c1-12-10-13(2)22-20(18(12)19(21)24)23-9-5-6-16(23)15-11-14(25-3)7-8-17(15)26-4/h7-8,10-11,16H,5-6,9H2,1-4H3,(H2,21,24). The van der Waals surface area contributed by atoms with Gasteiger partial charge in [-0.1, -0.05) is 0 Å². The largest absolute Gasteiger partial charge is 0.497 e. The van der Waals surface area contributed by atoms with Crippen LogP contribution in [0, 0.1) is 13.8 Å². The highest BCUT2D eigenvalue weighted by Gasteiger charge is 2.32. The molecule has 1 unspecified atom stereocenters. The van der Waals surface area contributed by atoms with Crippen LogP contribution in [0.2, 0.25) is 0 Å². The summed E-state index contributed by atoms with van der Waals surface area (Å²) in [6.45, 7) is 4.63. The molecule has 1 aromatic heterocycles. The van der Waals surface area contributed by atoms with Crippen molar-refractivity contribution in [3.63, 3.8) is 0 Å². The van der Waals surface area contributed by atoms with E-state index in [1.165, 1.54) is 0 Å². The molecule has 3 rings (SSSR count). The van der Waals surface area contributed by atoms with Gasteiger partial charge in [-0.05, 0) is 56.5 Å². The first-order chi connectivity index (χ1) is 12.5. The third kappa shape index (κ3) is 3.19. The smallest absolute Gasteiger partial charge is 0.252 e. The fraction of sp³-hybridized carbons (Fsp3) is 0.400. The fourth-order valence-electron chi connectivity index (χ4n) is 3.77. The predicted octanol–water partition coefficient (Wildman–Crippen LogP) is 3.16. The number of pyridine rings is 1. The normalized spacial score (nSPS) is 16.6. The number of hydrogen-bond acceptors (Lipinski definition) is 5. The Morgan fingerprint density at radius 2 is 2.00 bits per heavy atom. The van der Waals surface area contributed by atoms with E-state index in [9.17, 15) is 4.79 Å². The first kappa shape index (κ1) is 18.0. The van der Waals surface area contributed by atoms with Crippen LogP contribution < -0.4 is 20.1 Å². The second-order valence-corrected chi connectivity index (χ2v) is 6.60. The number of methoxy groups -OCH3 is 2. The zero-order valence-electron chi connectivity index (χ0n) is 15.7. The minimum atomic E-state index is -0.451. The van der Waals surface area contributed by atoms with Crippen molar-refractivity contribution < 1.29 is 14.3 Å². The first-order valence-electron chi connectivity index (χ1n) is 8.73. The average molecular weight is 355 g/mol. The van der Waals surface area contributed by atoms with E-state index in [0.717, 1.165) is 47.7 Å². The van der Waals surface area contributed by atoms with Crippen LogP contribution in [0.3, 0.4) is 0 Å². The number of aryl methyl sites for hydroxylation is 2. The molecule has 1 aliphatic heterocycles. The maximum atomic E-state index is 12.1. The molecular formula is C20H25N3O3. The highest BCUT2D eigenvalue weighted by molar-refractivity contribution is 5.99. The van der Waals surface area contributed by atoms with Crippen molar-refractivity contribution in [1.82, 2.24) is 4.98 Å². The molecule has 138 valence electrons. The van der Waals surface area contributed by atoms with Crippen molar-refractivity contribution in [3.8, 4) is 11.5 Å². The van der Waals surface area contributed by atoms with Crippen molar-refractivity contribution in [3.05, 3.63) is 46.6 Å². The number of primary amides is 1. The molecule has 6 heteroatoms. The minimum absolute atomic E-state index is 0.0480. The Morgan fingerprint density at radius 3 is 2.65 bits per heavy atom. The van der Waals surface area contributed by atoms with Gasteiger partial charge in [-0.15, -0.1) is 0 Å². The number of amides is 1. The number of benzene rings is 1. The summed E-state index contributed by atoms with van der Waals surface area (Å²) >= 11 is 0. The molecule has 1 saturated heterocycles. The molecule has 2 aromatic rings. The summed E-state index contributed by atoms with van der Waals surface area (Å²) < 4.78 is 11.0. The van der Waals surface area contributed by atoms with Crippen molar-refractivity contribution in [2.24, 2.45) is 5.73 Å². The number of aromatic nitrogens is 1. The predicted molar refractivity (Wildman–Crippen MR) is 101 cm³/mol. The Morgan fingerprint density at radius 1 is 1.23 bits per heavy atom. The lowest BCUT2D eigenvalue weighted by Crippen LogP contribution is -2.28. The van der Waals surface area contributed by atoms with Gasteiger partial charge in [0.2, 0.25) is 0 Å². The lowest BCUT2D eigenvalue weighted by molar-refractivity contribution is 0.1000. The van der Waals surface area contributed by atoms with E-state index in [-0.39, 0.29) is 6.04 Å². The maximum absolute atomic E-state index is 12.1. The minimum Gasteiger partial charge on any atom is -0.497 e. The maximum Gasteiger partial charge on any atom is 0.252 e. The lowest BCUT2D eigenvalue weighted by atomic mass is 10.0. The third-order valence-electron chi connectivity index (χ3n) is 4.89. The zero-order valence-corrected chi connectivity index (χ0v) is 15.7. The molecule has 0 aliphatic carbocycles. The van der Waals surface area contributed by atoms with Crippen molar-refractivity contribution >= 4 is 11.7 Å². The highest BCUT2D eigenvalue weighted by Crippen LogP contribution is 2.42. The summed E-state index contributed by atoms with van der Waals surface area (Å²) in [5.41, 5.74) is 8.90. The number of nitrogens with zero attached hydrogens (tertiary/aromatic N) is 2. The second-order valence-electron chi connectivity index (χ2n) is 6.60. The van der Waals surface area contributed by atoms with E-state index in [2.05, 4.69) is 9.88 Å². The summed E-state index contributed by atoms with van der Waals surface area (Å²) in [7, 11) is 3.31. The average Bonchev–Trinajstić information content (AvgIpc) is 3.09. The molecule has 0 bridgehead atoms. The van der Waals surface area contributed by atoms with Gasteiger partial charge in [0.15, 0.2) is 0 Å². The van der Waals surface area contributed by atoms with Crippen LogP contribution in [-0.2, 0) is 0 Å². The second kappa shape index (κ2) is 7.23. The van der Waals surface area contributed by atoms with Crippen LogP contribution in [0.4, 0.5) is 5.82 Å². The summed E-state index contributed by atoms with van der Waals surface area (Å²) in [6, 6.07) is 7.72. The summed E-state index contributed by atoms with van der Waals surface area (Å²) in [5.74, 6) is 1.78. The molecule has 1 fully saturated rings. The quantitative estimate of drug-likeness (QED) is 0.891. The van der Waals surface area contributed by atoms with Crippen LogP contribution in [0.5, 0.6) is 11.5 Å². The topological polar surface area (TPSA) is 77.7 Å². The molecular weight excluding hydrogens is 330 g/mol. The molecule has 1 aliphatic rings. The Balaban J connectivity index is 2.12. The summed E-state index contributed by atoms with van der Waals surface area (Å²) in [4.78, 5) is 18.9. The Hall–Kier alpha value is -2.76. The summed E-state index contributed by atoms with van der Waals surface area (Å²) in [5, 5.41) is 0. The van der Waals surface area contributed by atoms with Gasteiger partial charge < -0.3 is 20.1 Å². The van der Waals surface area contributed by atoms with E-state index >= 15 is 0 Å². The molecule has 2 heterocycles. The van der Waals surface area contributed by atoms with Crippen molar-refractivity contribution in [1.29, 1.82) is 0 Å². The van der Waals surface area contributed by atoms with Crippen molar-refractivity contribution in [2.75, 3.05) is 25.7 Å². The molecule has 1 aromatic carbocycles. The van der Waals surface area contributed by atoms with Gasteiger partial charge in [0.25, 0.3) is 5.91 Å². The van der Waals surface area contributed by atoms with Gasteiger partial charge in [-0.2, -0.15) is 0 Å². The van der Waals surface area contributed by atoms with Gasteiger partial charge in [0.1, 0.15) is 17.3 Å². The molecule has 2 N–H and O–H groups in total. The molecule has 6 nitrogen and oxygen atoms in total. The van der Waals surface area contributed by atoms with Gasteiger partial charge in [-0.25, -0.2) is 4.98 Å². The van der Waals surface area contributed by atoms with E-state index in [0.29, 0.717) is 11.4 Å². The molecule has 26 heavy (non-hydrogen) atoms. The lowest BCUT2D eigenvalue weighted by Gasteiger charge is -2.29. The Bertz CT molecular complexity index is 835. The van der Waals surface area contributed by atoms with Crippen molar-refractivity contribution in [2.45, 2.75) is 32.7 Å².